The molecule has 0 amide bonds. The molecular weight excluding hydrogens is 670 g/mol. The van der Waals surface area contributed by atoms with E-state index < -0.39 is 127 Å². The van der Waals surface area contributed by atoms with Crippen LogP contribution in [0.2, 0.25) is 5.82 Å². The molecule has 1 nitrogen and oxygen atoms in total. The molecule has 0 aliphatic carbocycles. The molecule has 3 aromatic rings. The number of halogens is 15. The fourth-order valence-corrected chi connectivity index (χ4v) is 7.07. The maximum absolute atomic E-state index is 15.9. The molecule has 1 heterocycles. The third-order valence-corrected chi connectivity index (χ3v) is 9.15. The van der Waals surface area contributed by atoms with Gasteiger partial charge < -0.3 is 0 Å². The lowest BCUT2D eigenvalue weighted by Crippen LogP contribution is -2.76. The van der Waals surface area contributed by atoms with E-state index in [0.717, 1.165) is 6.21 Å². The molecule has 0 bridgehead atoms. The van der Waals surface area contributed by atoms with Crippen molar-refractivity contribution in [1.82, 2.24) is 0 Å². The minimum atomic E-state index is -5.70. The summed E-state index contributed by atoms with van der Waals surface area (Å²) in [6.07, 6.45) is -3.93. The van der Waals surface area contributed by atoms with Crippen molar-refractivity contribution < 1.29 is 70.4 Å². The average Bonchev–Trinajstić information content (AvgIpc) is 3.00. The van der Waals surface area contributed by atoms with E-state index in [2.05, 4.69) is 0 Å². The molecule has 47 heavy (non-hydrogen) atoms. The molecule has 0 unspecified atom stereocenters. The monoisotopic (exact) mass is 693 g/mol. The Morgan fingerprint density at radius 2 is 0.660 bits per heavy atom. The van der Waals surface area contributed by atoms with Crippen LogP contribution in [0.1, 0.15) is 53.9 Å². The Balaban J connectivity index is 2.50. The van der Waals surface area contributed by atoms with Crippen molar-refractivity contribution in [2.45, 2.75) is 70.8 Å². The Morgan fingerprint density at radius 3 is 0.894 bits per heavy atom. The molecule has 1 aliphatic rings. The molecule has 0 spiro atoms. The van der Waals surface area contributed by atoms with E-state index in [4.69, 9.17) is 0 Å². The first-order chi connectivity index (χ1) is 21.5. The van der Waals surface area contributed by atoms with Crippen molar-refractivity contribution in [3.8, 4) is 0 Å². The highest BCUT2D eigenvalue weighted by atomic mass is 19.2. The lowest BCUT2D eigenvalue weighted by Gasteiger charge is -2.47. The van der Waals surface area contributed by atoms with Gasteiger partial charge in [0.05, 0.1) is 0 Å². The Labute approximate surface area is 257 Å². The smallest absolute Gasteiger partial charge is 0.200 e. The summed E-state index contributed by atoms with van der Waals surface area (Å²) in [6, 6.07) is 0. The second kappa shape index (κ2) is 11.8. The van der Waals surface area contributed by atoms with Gasteiger partial charge in [-0.2, -0.15) is 0 Å². The zero-order chi connectivity index (χ0) is 35.9. The molecule has 0 radical (unpaired) electrons. The first kappa shape index (κ1) is 36.2. The molecule has 4 rings (SSSR count). The zero-order valence-electron chi connectivity index (χ0n) is 25.0. The van der Waals surface area contributed by atoms with Gasteiger partial charge in [-0.3, -0.25) is 0 Å². The Morgan fingerprint density at radius 1 is 0.447 bits per heavy atom. The second-order valence-electron chi connectivity index (χ2n) is 12.7. The van der Waals surface area contributed by atoms with E-state index in [1.165, 1.54) is 32.3 Å². The van der Waals surface area contributed by atoms with Crippen LogP contribution in [0.15, 0.2) is 0 Å². The van der Waals surface area contributed by atoms with Gasteiger partial charge in [0.1, 0.15) is 47.3 Å². The summed E-state index contributed by atoms with van der Waals surface area (Å²) in [6.45, 7) is 6.69. The molecule has 0 saturated carbocycles. The lowest BCUT2D eigenvalue weighted by molar-refractivity contribution is -0.672. The van der Waals surface area contributed by atoms with E-state index in [9.17, 15) is 39.5 Å². The minimum absolute atomic E-state index is 0.271. The topological polar surface area (TPSA) is 3.01 Å². The third-order valence-electron chi connectivity index (χ3n) is 9.15. The van der Waals surface area contributed by atoms with Crippen LogP contribution in [0, 0.1) is 87.3 Å². The fourth-order valence-electron chi connectivity index (χ4n) is 7.07. The van der Waals surface area contributed by atoms with Crippen LogP contribution in [0.5, 0.6) is 0 Å². The van der Waals surface area contributed by atoms with Crippen molar-refractivity contribution in [3.63, 3.8) is 0 Å². The lowest BCUT2D eigenvalue weighted by atomic mass is 9.10. The first-order valence-electron chi connectivity index (χ1n) is 13.9. The predicted octanol–water partition coefficient (Wildman–Crippen LogP) is 7.46. The van der Waals surface area contributed by atoms with Crippen LogP contribution >= 0.6 is 0 Å². The van der Waals surface area contributed by atoms with Crippen LogP contribution in [-0.4, -0.2) is 28.0 Å². The quantitative estimate of drug-likeness (QED) is 0.0859. The maximum Gasteiger partial charge on any atom is 0.200 e. The van der Waals surface area contributed by atoms with Gasteiger partial charge in [0.2, 0.25) is 0 Å². The SMILES string of the molecule is C[C@H](C=[N+]1C(C)(C)CCCC1(C)C)[B-](c1c(F)c(F)c(F)c(F)c1F)(c1c(F)c(F)c(F)c(F)c1F)c1c(F)c(F)c(F)c(F)c1F. The standard InChI is InChI=1S/C30H23BF15N/c1-10(9-47-29(2,3)7-6-8-30(47,4)5)31(11-14(32)20(38)26(44)21(39)15(11)33,12-16(34)22(40)27(45)23(41)17(12)35)13-18(36)24(42)28(46)25(43)19(13)37/h9-10H,6-8H2,1-5H3/t10-/m1/s1. The molecule has 17 heteroatoms. The second-order valence-corrected chi connectivity index (χ2v) is 12.7. The van der Waals surface area contributed by atoms with Crippen molar-refractivity contribution in [1.29, 1.82) is 0 Å². The first-order valence-corrected chi connectivity index (χ1v) is 13.9. The van der Waals surface area contributed by atoms with Crippen molar-refractivity contribution in [3.05, 3.63) is 87.3 Å². The summed E-state index contributed by atoms with van der Waals surface area (Å²) in [5.41, 5.74) is -10.0. The van der Waals surface area contributed by atoms with Crippen LogP contribution in [0.25, 0.3) is 0 Å². The summed E-state index contributed by atoms with van der Waals surface area (Å²) >= 11 is 0. The summed E-state index contributed by atoms with van der Waals surface area (Å²) in [7, 11) is 0. The highest BCUT2D eigenvalue weighted by Gasteiger charge is 2.53. The van der Waals surface area contributed by atoms with E-state index in [0.29, 0.717) is 13.3 Å². The van der Waals surface area contributed by atoms with E-state index in [-0.39, 0.29) is 12.8 Å². The van der Waals surface area contributed by atoms with Gasteiger partial charge in [-0.15, -0.1) is 16.4 Å². The van der Waals surface area contributed by atoms with Gasteiger partial charge in [0.15, 0.2) is 63.4 Å². The molecule has 1 atom stereocenters. The highest BCUT2D eigenvalue weighted by Crippen LogP contribution is 2.37. The van der Waals surface area contributed by atoms with Crippen molar-refractivity contribution >= 4 is 28.7 Å². The zero-order valence-corrected chi connectivity index (χ0v) is 25.0. The van der Waals surface area contributed by atoms with E-state index in [1.54, 1.807) is 0 Å². The fraction of sp³-hybridized carbons (Fsp3) is 0.367. The summed E-state index contributed by atoms with van der Waals surface area (Å²) < 4.78 is 228. The Hall–Kier alpha value is -3.66. The van der Waals surface area contributed by atoms with Gasteiger partial charge in [-0.25, -0.2) is 70.4 Å². The van der Waals surface area contributed by atoms with Gasteiger partial charge in [-0.1, -0.05) is 12.7 Å². The third kappa shape index (κ3) is 5.09. The summed E-state index contributed by atoms with van der Waals surface area (Å²) in [5, 5.41) is 0. The van der Waals surface area contributed by atoms with Crippen LogP contribution in [0.3, 0.4) is 0 Å². The molecule has 1 saturated heterocycles. The van der Waals surface area contributed by atoms with E-state index >= 15 is 26.3 Å². The Bertz CT molecular complexity index is 1580. The normalized spacial score (nSPS) is 16.9. The number of benzene rings is 3. The molecule has 256 valence electrons. The summed E-state index contributed by atoms with van der Waals surface area (Å²) in [5.74, 6) is -47.6. The number of hydrogen-bond donors (Lipinski definition) is 0. The van der Waals surface area contributed by atoms with Crippen molar-refractivity contribution in [2.75, 3.05) is 0 Å². The molecule has 3 aromatic carbocycles. The molecule has 1 aliphatic heterocycles. The van der Waals surface area contributed by atoms with Gasteiger partial charge >= 0.3 is 0 Å². The van der Waals surface area contributed by atoms with Crippen LogP contribution < -0.4 is 16.4 Å². The highest BCUT2D eigenvalue weighted by molar-refractivity contribution is 7.13. The average molecular weight is 693 g/mol. The predicted molar refractivity (Wildman–Crippen MR) is 141 cm³/mol. The van der Waals surface area contributed by atoms with Gasteiger partial charge in [0, 0.05) is 12.8 Å². The van der Waals surface area contributed by atoms with Gasteiger partial charge in [-0.05, 0) is 34.1 Å². The molecule has 0 N–H and O–H groups in total. The molecular formula is C30H23BF15N. The molecule has 0 aromatic heterocycles. The van der Waals surface area contributed by atoms with Crippen LogP contribution in [-0.2, 0) is 0 Å². The summed E-state index contributed by atoms with van der Waals surface area (Å²) in [4.78, 5) is 0. The molecule has 1 fully saturated rings. The number of hydrogen-bond acceptors (Lipinski definition) is 0. The number of piperidine rings is 1. The number of nitrogens with zero attached hydrogens (tertiary/aromatic N) is 1. The van der Waals surface area contributed by atoms with E-state index in [1.807, 2.05) is 0 Å². The van der Waals surface area contributed by atoms with Gasteiger partial charge in [0.25, 0.3) is 0 Å². The van der Waals surface area contributed by atoms with Crippen LogP contribution in [0.4, 0.5) is 65.9 Å². The Kier molecular flexibility index (Phi) is 9.08. The maximum atomic E-state index is 15.9. The minimum Gasteiger partial charge on any atom is -0.233 e. The van der Waals surface area contributed by atoms with Crippen molar-refractivity contribution in [2.24, 2.45) is 0 Å². The number of rotatable bonds is 5. The largest absolute Gasteiger partial charge is 0.233 e.